The maximum absolute atomic E-state index is 12.1. The summed E-state index contributed by atoms with van der Waals surface area (Å²) in [5.41, 5.74) is 5.24. The first kappa shape index (κ1) is 16.0. The van der Waals surface area contributed by atoms with Crippen LogP contribution in [0, 0.1) is 0 Å². The second-order valence-electron chi connectivity index (χ2n) is 4.79. The summed E-state index contributed by atoms with van der Waals surface area (Å²) in [6.45, 7) is 3.61. The molecule has 1 aliphatic rings. The zero-order valence-electron chi connectivity index (χ0n) is 12.5. The molecule has 9 nitrogen and oxygen atoms in total. The first-order chi connectivity index (χ1) is 10.5. The molecule has 1 aromatic rings. The molecular formula is C13H19N5O4. The monoisotopic (exact) mass is 309 g/mol. The van der Waals surface area contributed by atoms with Gasteiger partial charge in [-0.2, -0.15) is 4.98 Å². The number of carbonyl (C=O) groups is 2. The minimum atomic E-state index is -0.713. The molecule has 1 unspecified atom stereocenters. The average molecular weight is 309 g/mol. The van der Waals surface area contributed by atoms with E-state index in [1.807, 2.05) is 0 Å². The number of likely N-dealkylation sites (N-methyl/N-ethyl adjacent to an activating group) is 1. The maximum Gasteiger partial charge on any atom is 0.417 e. The van der Waals surface area contributed by atoms with E-state index in [2.05, 4.69) is 15.3 Å². The van der Waals surface area contributed by atoms with Crippen molar-refractivity contribution in [2.75, 3.05) is 26.7 Å². The molecule has 2 amide bonds. The van der Waals surface area contributed by atoms with Crippen molar-refractivity contribution in [2.24, 2.45) is 5.73 Å². The molecule has 1 fully saturated rings. The Morgan fingerprint density at radius 1 is 1.55 bits per heavy atom. The summed E-state index contributed by atoms with van der Waals surface area (Å²) >= 11 is 0. The summed E-state index contributed by atoms with van der Waals surface area (Å²) in [5.74, 6) is -0.714. The molecule has 120 valence electrons. The van der Waals surface area contributed by atoms with Gasteiger partial charge in [-0.15, -0.1) is 0 Å². The number of hydrogen-bond donors (Lipinski definition) is 2. The van der Waals surface area contributed by atoms with Crippen molar-refractivity contribution in [1.29, 1.82) is 0 Å². The van der Waals surface area contributed by atoms with Gasteiger partial charge < -0.3 is 25.4 Å². The van der Waals surface area contributed by atoms with E-state index in [1.54, 1.807) is 14.0 Å². The average Bonchev–Trinajstić information content (AvgIpc) is 3.00. The molecule has 1 aliphatic heterocycles. The minimum absolute atomic E-state index is 0.00186. The van der Waals surface area contributed by atoms with Gasteiger partial charge in [0, 0.05) is 19.6 Å². The standard InChI is InChI=1S/C13H19N5O4/c1-3-21-11-9(10(14)19)7-16-12(17-11)22-13(20)18(2)8-4-5-15-6-8/h7-8,15H,3-6H2,1-2H3,(H2,14,19). The van der Waals surface area contributed by atoms with Gasteiger partial charge in [-0.05, 0) is 19.9 Å². The number of nitrogens with two attached hydrogens (primary N) is 1. The number of aromatic nitrogens is 2. The molecule has 0 saturated carbocycles. The number of primary amides is 1. The van der Waals surface area contributed by atoms with Crippen molar-refractivity contribution in [2.45, 2.75) is 19.4 Å². The highest BCUT2D eigenvalue weighted by Gasteiger charge is 2.25. The van der Waals surface area contributed by atoms with E-state index >= 15 is 0 Å². The van der Waals surface area contributed by atoms with Gasteiger partial charge in [-0.25, -0.2) is 9.78 Å². The van der Waals surface area contributed by atoms with E-state index in [1.165, 1.54) is 11.1 Å². The lowest BCUT2D eigenvalue weighted by Crippen LogP contribution is -2.40. The van der Waals surface area contributed by atoms with Crippen molar-refractivity contribution in [3.63, 3.8) is 0 Å². The zero-order chi connectivity index (χ0) is 16.1. The van der Waals surface area contributed by atoms with E-state index in [0.29, 0.717) is 6.61 Å². The smallest absolute Gasteiger partial charge is 0.417 e. The Bertz CT molecular complexity index is 559. The van der Waals surface area contributed by atoms with Gasteiger partial charge in [0.05, 0.1) is 12.8 Å². The summed E-state index contributed by atoms with van der Waals surface area (Å²) in [4.78, 5) is 32.5. The number of nitrogens with one attached hydrogen (secondary N) is 1. The van der Waals surface area contributed by atoms with Crippen molar-refractivity contribution >= 4 is 12.0 Å². The molecule has 0 radical (unpaired) electrons. The summed E-state index contributed by atoms with van der Waals surface area (Å²) in [7, 11) is 1.65. The topological polar surface area (TPSA) is 120 Å². The largest absolute Gasteiger partial charge is 0.477 e. The zero-order valence-corrected chi connectivity index (χ0v) is 12.5. The van der Waals surface area contributed by atoms with Crippen LogP contribution in [0.5, 0.6) is 11.9 Å². The van der Waals surface area contributed by atoms with Crippen molar-refractivity contribution in [1.82, 2.24) is 20.2 Å². The van der Waals surface area contributed by atoms with Crippen molar-refractivity contribution in [3.8, 4) is 11.9 Å². The van der Waals surface area contributed by atoms with Gasteiger partial charge >= 0.3 is 12.1 Å². The van der Waals surface area contributed by atoms with E-state index in [-0.39, 0.29) is 23.5 Å². The molecular weight excluding hydrogens is 290 g/mol. The normalized spacial score (nSPS) is 17.1. The van der Waals surface area contributed by atoms with Crippen LogP contribution in [0.15, 0.2) is 6.20 Å². The van der Waals surface area contributed by atoms with E-state index < -0.39 is 12.0 Å². The van der Waals surface area contributed by atoms with Gasteiger partial charge in [0.2, 0.25) is 5.88 Å². The number of carbonyl (C=O) groups excluding carboxylic acids is 2. The van der Waals surface area contributed by atoms with Crippen LogP contribution in [-0.2, 0) is 0 Å². The van der Waals surface area contributed by atoms with Crippen LogP contribution in [0.1, 0.15) is 23.7 Å². The molecule has 0 spiro atoms. The van der Waals surface area contributed by atoms with Gasteiger partial charge in [-0.1, -0.05) is 0 Å². The lowest BCUT2D eigenvalue weighted by Gasteiger charge is -2.22. The third kappa shape index (κ3) is 3.61. The van der Waals surface area contributed by atoms with E-state index in [9.17, 15) is 9.59 Å². The summed E-state index contributed by atoms with van der Waals surface area (Å²) in [6, 6.07) is -0.111. The lowest BCUT2D eigenvalue weighted by atomic mass is 10.2. The van der Waals surface area contributed by atoms with Crippen LogP contribution in [-0.4, -0.2) is 59.7 Å². The highest BCUT2D eigenvalue weighted by atomic mass is 16.6. The van der Waals surface area contributed by atoms with Crippen LogP contribution in [0.3, 0.4) is 0 Å². The number of nitrogens with zero attached hydrogens (tertiary/aromatic N) is 3. The van der Waals surface area contributed by atoms with E-state index in [4.69, 9.17) is 15.2 Å². The van der Waals surface area contributed by atoms with Crippen LogP contribution < -0.4 is 20.5 Å². The highest BCUT2D eigenvalue weighted by molar-refractivity contribution is 5.94. The Morgan fingerprint density at radius 2 is 2.32 bits per heavy atom. The first-order valence-corrected chi connectivity index (χ1v) is 6.98. The molecule has 2 rings (SSSR count). The number of hydrogen-bond acceptors (Lipinski definition) is 7. The Kier molecular flexibility index (Phi) is 5.10. The lowest BCUT2D eigenvalue weighted by molar-refractivity contribution is 0.0995. The number of ether oxygens (including phenoxy) is 2. The van der Waals surface area contributed by atoms with Crippen molar-refractivity contribution < 1.29 is 19.1 Å². The fraction of sp³-hybridized carbons (Fsp3) is 0.538. The molecule has 22 heavy (non-hydrogen) atoms. The predicted octanol–water partition coefficient (Wildman–Crippen LogP) is -0.233. The number of amides is 2. The quantitative estimate of drug-likeness (QED) is 0.770. The van der Waals surface area contributed by atoms with Crippen molar-refractivity contribution in [3.05, 3.63) is 11.8 Å². The summed E-state index contributed by atoms with van der Waals surface area (Å²) < 4.78 is 10.3. The molecule has 2 heterocycles. The fourth-order valence-electron chi connectivity index (χ4n) is 2.09. The SMILES string of the molecule is CCOc1nc(OC(=O)N(C)C2CCNC2)ncc1C(N)=O. The highest BCUT2D eigenvalue weighted by Crippen LogP contribution is 2.18. The second-order valence-corrected chi connectivity index (χ2v) is 4.79. The fourth-order valence-corrected chi connectivity index (χ4v) is 2.09. The molecule has 0 aliphatic carbocycles. The summed E-state index contributed by atoms with van der Waals surface area (Å²) in [6.07, 6.45) is 1.47. The van der Waals surface area contributed by atoms with Crippen LogP contribution in [0.2, 0.25) is 0 Å². The molecule has 1 atom stereocenters. The van der Waals surface area contributed by atoms with Gasteiger partial charge in [-0.3, -0.25) is 4.79 Å². The first-order valence-electron chi connectivity index (χ1n) is 6.98. The molecule has 1 saturated heterocycles. The third-order valence-electron chi connectivity index (χ3n) is 3.33. The number of rotatable bonds is 5. The second kappa shape index (κ2) is 7.03. The van der Waals surface area contributed by atoms with Crippen LogP contribution in [0.4, 0.5) is 4.79 Å². The van der Waals surface area contributed by atoms with Crippen LogP contribution >= 0.6 is 0 Å². The predicted molar refractivity (Wildman–Crippen MR) is 76.8 cm³/mol. The van der Waals surface area contributed by atoms with Gasteiger partial charge in [0.25, 0.3) is 5.91 Å². The summed E-state index contributed by atoms with van der Waals surface area (Å²) in [5, 5.41) is 3.17. The molecule has 0 bridgehead atoms. The Balaban J connectivity index is 2.10. The molecule has 1 aromatic heterocycles. The molecule has 0 aromatic carbocycles. The molecule has 3 N–H and O–H groups in total. The molecule has 9 heteroatoms. The van der Waals surface area contributed by atoms with Crippen LogP contribution in [0.25, 0.3) is 0 Å². The van der Waals surface area contributed by atoms with Gasteiger partial charge in [0.1, 0.15) is 5.56 Å². The Hall–Kier alpha value is -2.42. The Morgan fingerprint density at radius 3 is 2.91 bits per heavy atom. The minimum Gasteiger partial charge on any atom is -0.477 e. The third-order valence-corrected chi connectivity index (χ3v) is 3.33. The Labute approximate surface area is 127 Å². The maximum atomic E-state index is 12.1. The van der Waals surface area contributed by atoms with E-state index in [0.717, 1.165) is 19.5 Å². The van der Waals surface area contributed by atoms with Gasteiger partial charge in [0.15, 0.2) is 0 Å².